The van der Waals surface area contributed by atoms with Crippen LogP contribution in [-0.2, 0) is 16.6 Å². The lowest BCUT2D eigenvalue weighted by Gasteiger charge is -2.12. The van der Waals surface area contributed by atoms with Crippen molar-refractivity contribution >= 4 is 42.4 Å². The molecule has 21 heavy (non-hydrogen) atoms. The van der Waals surface area contributed by atoms with Crippen molar-refractivity contribution in [3.05, 3.63) is 33.2 Å². The number of halogens is 1. The molecule has 1 aromatic heterocycles. The first-order valence-corrected chi connectivity index (χ1v) is 9.38. The van der Waals surface area contributed by atoms with Gasteiger partial charge in [-0.15, -0.1) is 10.2 Å². The molecule has 1 aromatic carbocycles. The van der Waals surface area contributed by atoms with Crippen LogP contribution in [0, 0.1) is 6.92 Å². The number of rotatable bonds is 6. The monoisotopic (exact) mass is 390 g/mol. The summed E-state index contributed by atoms with van der Waals surface area (Å²) >= 11 is 4.55. The molecule has 0 unspecified atom stereocenters. The van der Waals surface area contributed by atoms with Gasteiger partial charge in [-0.25, -0.2) is 8.42 Å². The van der Waals surface area contributed by atoms with Crippen LogP contribution in [0.4, 0.5) is 5.13 Å². The van der Waals surface area contributed by atoms with Crippen molar-refractivity contribution in [2.24, 2.45) is 0 Å². The second-order valence-electron chi connectivity index (χ2n) is 4.33. The first-order valence-electron chi connectivity index (χ1n) is 6.22. The Bertz CT molecular complexity index is 717. The Hall–Kier alpha value is -1.03. The maximum atomic E-state index is 12.5. The zero-order valence-electron chi connectivity index (χ0n) is 11.6. The molecule has 6 nitrogen and oxygen atoms in total. The van der Waals surface area contributed by atoms with Crippen molar-refractivity contribution in [1.29, 1.82) is 0 Å². The molecule has 0 fully saturated rings. The molecule has 0 atom stereocenters. The highest BCUT2D eigenvalue weighted by molar-refractivity contribution is 9.10. The van der Waals surface area contributed by atoms with Crippen LogP contribution in [-0.4, -0.2) is 25.2 Å². The van der Waals surface area contributed by atoms with Crippen molar-refractivity contribution in [2.45, 2.75) is 25.3 Å². The molecule has 0 aliphatic rings. The van der Waals surface area contributed by atoms with E-state index in [4.69, 9.17) is 0 Å². The van der Waals surface area contributed by atoms with E-state index in [9.17, 15) is 8.42 Å². The van der Waals surface area contributed by atoms with Crippen LogP contribution < -0.4 is 10.0 Å². The van der Waals surface area contributed by atoms with Crippen LogP contribution in [0.15, 0.2) is 27.0 Å². The zero-order valence-corrected chi connectivity index (χ0v) is 14.8. The fourth-order valence-electron chi connectivity index (χ4n) is 1.75. The molecule has 0 bridgehead atoms. The predicted octanol–water partition coefficient (Wildman–Crippen LogP) is 2.52. The normalized spacial score (nSPS) is 11.6. The maximum absolute atomic E-state index is 12.5. The van der Waals surface area contributed by atoms with Crippen LogP contribution in [0.3, 0.4) is 0 Å². The average molecular weight is 391 g/mol. The summed E-state index contributed by atoms with van der Waals surface area (Å²) in [6.07, 6.45) is 0. The van der Waals surface area contributed by atoms with Crippen LogP contribution in [0.5, 0.6) is 0 Å². The van der Waals surface area contributed by atoms with Gasteiger partial charge in [0.05, 0.1) is 4.90 Å². The Morgan fingerprint density at radius 1 is 1.38 bits per heavy atom. The van der Waals surface area contributed by atoms with E-state index in [1.165, 1.54) is 5.51 Å². The van der Waals surface area contributed by atoms with Gasteiger partial charge < -0.3 is 5.32 Å². The fraction of sp³-hybridized carbons (Fsp3) is 0.333. The molecule has 0 saturated heterocycles. The van der Waals surface area contributed by atoms with E-state index < -0.39 is 10.0 Å². The Morgan fingerprint density at radius 2 is 2.14 bits per heavy atom. The third-order valence-corrected chi connectivity index (χ3v) is 5.83. The molecule has 1 heterocycles. The zero-order chi connectivity index (χ0) is 15.5. The van der Waals surface area contributed by atoms with Crippen LogP contribution in [0.1, 0.15) is 18.1 Å². The molecule has 0 aliphatic carbocycles. The van der Waals surface area contributed by atoms with Gasteiger partial charge in [0.25, 0.3) is 10.0 Å². The largest absolute Gasteiger partial charge is 0.313 e. The van der Waals surface area contributed by atoms with Crippen molar-refractivity contribution < 1.29 is 8.42 Å². The summed E-state index contributed by atoms with van der Waals surface area (Å²) < 4.78 is 28.2. The van der Waals surface area contributed by atoms with Crippen molar-refractivity contribution in [1.82, 2.24) is 15.5 Å². The van der Waals surface area contributed by atoms with E-state index in [0.29, 0.717) is 12.1 Å². The Labute approximate surface area is 136 Å². The molecule has 2 aromatic rings. The summed E-state index contributed by atoms with van der Waals surface area (Å²) in [4.78, 5) is 0.236. The first-order chi connectivity index (χ1) is 9.94. The molecule has 9 heteroatoms. The summed E-state index contributed by atoms with van der Waals surface area (Å²) in [5.74, 6) is 0. The molecule has 0 spiro atoms. The minimum absolute atomic E-state index is 0.236. The van der Waals surface area contributed by atoms with Crippen LogP contribution >= 0.6 is 27.3 Å². The molecule has 0 amide bonds. The molecule has 2 rings (SSSR count). The van der Waals surface area contributed by atoms with E-state index >= 15 is 0 Å². The number of sulfonamides is 1. The van der Waals surface area contributed by atoms with Gasteiger partial charge in [0, 0.05) is 11.0 Å². The lowest BCUT2D eigenvalue weighted by atomic mass is 10.1. The van der Waals surface area contributed by atoms with Gasteiger partial charge >= 0.3 is 0 Å². The molecule has 0 radical (unpaired) electrons. The predicted molar refractivity (Wildman–Crippen MR) is 87.0 cm³/mol. The molecule has 0 aliphatic heterocycles. The number of nitrogens with zero attached hydrogens (tertiary/aromatic N) is 2. The number of nitrogens with one attached hydrogen (secondary N) is 2. The van der Waals surface area contributed by atoms with E-state index in [1.54, 1.807) is 13.0 Å². The van der Waals surface area contributed by atoms with Gasteiger partial charge in [0.15, 0.2) is 0 Å². The number of aromatic nitrogens is 2. The maximum Gasteiger partial charge on any atom is 0.264 e. The lowest BCUT2D eigenvalue weighted by molar-refractivity contribution is 0.600. The van der Waals surface area contributed by atoms with E-state index in [0.717, 1.165) is 27.9 Å². The second kappa shape index (κ2) is 6.82. The standard InChI is InChI=1S/C12H15BrN4O2S2/c1-3-14-6-9-4-10(13)8(2)11(5-9)21(18,19)17-12-16-15-7-20-12/h4-5,7,14H,3,6H2,1-2H3,(H,16,17). The smallest absolute Gasteiger partial charge is 0.264 e. The number of hydrogen-bond donors (Lipinski definition) is 2. The van der Waals surface area contributed by atoms with E-state index in [-0.39, 0.29) is 10.0 Å². The van der Waals surface area contributed by atoms with Gasteiger partial charge in [0.2, 0.25) is 5.13 Å². The van der Waals surface area contributed by atoms with Gasteiger partial charge in [-0.2, -0.15) is 0 Å². The third kappa shape index (κ3) is 4.00. The van der Waals surface area contributed by atoms with E-state index in [2.05, 4.69) is 36.2 Å². The van der Waals surface area contributed by atoms with Crippen molar-refractivity contribution in [3.63, 3.8) is 0 Å². The highest BCUT2D eigenvalue weighted by Gasteiger charge is 2.20. The van der Waals surface area contributed by atoms with Gasteiger partial charge in [-0.05, 0) is 36.7 Å². The SMILES string of the molecule is CCNCc1cc(Br)c(C)c(S(=O)(=O)Nc2nncs2)c1. The highest BCUT2D eigenvalue weighted by Crippen LogP contribution is 2.27. The Balaban J connectivity index is 2.39. The average Bonchev–Trinajstić information content (AvgIpc) is 2.91. The first kappa shape index (κ1) is 16.3. The molecular formula is C12H15BrN4O2S2. The topological polar surface area (TPSA) is 84.0 Å². The van der Waals surface area contributed by atoms with Crippen molar-refractivity contribution in [3.8, 4) is 0 Å². The number of hydrogen-bond acceptors (Lipinski definition) is 6. The summed E-state index contributed by atoms with van der Waals surface area (Å²) in [5, 5.41) is 10.8. The van der Waals surface area contributed by atoms with Gasteiger partial charge in [0.1, 0.15) is 5.51 Å². The van der Waals surface area contributed by atoms with Crippen LogP contribution in [0.2, 0.25) is 0 Å². The highest BCUT2D eigenvalue weighted by atomic mass is 79.9. The fourth-order valence-corrected chi connectivity index (χ4v) is 4.39. The summed E-state index contributed by atoms with van der Waals surface area (Å²) in [6.45, 7) is 5.18. The Kier molecular flexibility index (Phi) is 5.31. The minimum Gasteiger partial charge on any atom is -0.313 e. The number of anilines is 1. The van der Waals surface area contributed by atoms with Crippen molar-refractivity contribution in [2.75, 3.05) is 11.3 Å². The van der Waals surface area contributed by atoms with Gasteiger partial charge in [-0.3, -0.25) is 4.72 Å². The Morgan fingerprint density at radius 3 is 2.76 bits per heavy atom. The quantitative estimate of drug-likeness (QED) is 0.791. The lowest BCUT2D eigenvalue weighted by Crippen LogP contribution is -2.16. The van der Waals surface area contributed by atoms with E-state index in [1.807, 2.05) is 13.0 Å². The van der Waals surface area contributed by atoms with Crippen LogP contribution in [0.25, 0.3) is 0 Å². The number of benzene rings is 1. The molecule has 0 saturated carbocycles. The summed E-state index contributed by atoms with van der Waals surface area (Å²) in [5.41, 5.74) is 3.03. The second-order valence-corrected chi connectivity index (χ2v) is 7.67. The third-order valence-electron chi connectivity index (χ3n) is 2.81. The molecule has 114 valence electrons. The molecular weight excluding hydrogens is 376 g/mol. The minimum atomic E-state index is -3.68. The van der Waals surface area contributed by atoms with Gasteiger partial charge in [-0.1, -0.05) is 34.2 Å². The summed E-state index contributed by atoms with van der Waals surface area (Å²) in [7, 11) is -3.68. The summed E-state index contributed by atoms with van der Waals surface area (Å²) in [6, 6.07) is 3.59. The molecule has 2 N–H and O–H groups in total.